The fourth-order valence-corrected chi connectivity index (χ4v) is 2.30. The first-order valence-electron chi connectivity index (χ1n) is 5.77. The second-order valence-corrected chi connectivity index (χ2v) is 4.70. The Labute approximate surface area is 99.1 Å². The van der Waals surface area contributed by atoms with Gasteiger partial charge in [0.05, 0.1) is 5.69 Å². The summed E-state index contributed by atoms with van der Waals surface area (Å²) >= 11 is 0. The van der Waals surface area contributed by atoms with E-state index in [2.05, 4.69) is 29.4 Å². The average molecular weight is 231 g/mol. The first-order chi connectivity index (χ1) is 8.15. The Hall–Kier alpha value is -1.84. The van der Waals surface area contributed by atoms with Crippen molar-refractivity contribution >= 4 is 5.82 Å². The molecular weight excluding hydrogens is 217 g/mol. The van der Waals surface area contributed by atoms with Crippen LogP contribution in [0.25, 0.3) is 11.3 Å². The molecule has 0 aliphatic heterocycles. The zero-order chi connectivity index (χ0) is 12.0. The predicted octanol–water partition coefficient (Wildman–Crippen LogP) is 2.94. The number of nitrogens with zero attached hydrogens (tertiary/aromatic N) is 1. The molecular formula is C13H14FN3. The van der Waals surface area contributed by atoms with Crippen molar-refractivity contribution in [1.82, 2.24) is 10.2 Å². The van der Waals surface area contributed by atoms with Crippen LogP contribution in [0, 0.1) is 5.82 Å². The Bertz CT molecular complexity index is 572. The monoisotopic (exact) mass is 231 g/mol. The minimum Gasteiger partial charge on any atom is -0.366 e. The fraction of sp³-hybridized carbons (Fsp3) is 0.308. The lowest BCUT2D eigenvalue weighted by molar-refractivity contribution is 0.626. The van der Waals surface area contributed by atoms with Crippen LogP contribution in [0.3, 0.4) is 0 Å². The summed E-state index contributed by atoms with van der Waals surface area (Å²) < 4.78 is 13.2. The van der Waals surface area contributed by atoms with Gasteiger partial charge in [0, 0.05) is 23.6 Å². The van der Waals surface area contributed by atoms with Crippen LogP contribution in [0.4, 0.5) is 10.2 Å². The standard InChI is InChI=1S/C13H14FN3/c1-7(2)15-13-11-6-8-5-9(14)3-4-10(8)12(11)16-17-13/h3-5,7H,6H2,1-2H3,(H2,15,16,17). The van der Waals surface area contributed by atoms with E-state index >= 15 is 0 Å². The molecule has 4 heteroatoms. The molecule has 1 aromatic heterocycles. The highest BCUT2D eigenvalue weighted by Gasteiger charge is 2.24. The maximum atomic E-state index is 13.2. The van der Waals surface area contributed by atoms with Crippen LogP contribution in [0.2, 0.25) is 0 Å². The van der Waals surface area contributed by atoms with Crippen LogP contribution in [0.15, 0.2) is 18.2 Å². The minimum atomic E-state index is -0.180. The van der Waals surface area contributed by atoms with E-state index < -0.39 is 0 Å². The lowest BCUT2D eigenvalue weighted by Gasteiger charge is -2.07. The van der Waals surface area contributed by atoms with Gasteiger partial charge in [-0.1, -0.05) is 0 Å². The highest BCUT2D eigenvalue weighted by Crippen LogP contribution is 2.38. The molecule has 0 atom stereocenters. The van der Waals surface area contributed by atoms with Gasteiger partial charge < -0.3 is 5.32 Å². The number of benzene rings is 1. The van der Waals surface area contributed by atoms with Gasteiger partial charge in [0.1, 0.15) is 5.82 Å². The molecule has 0 fully saturated rings. The molecule has 0 saturated carbocycles. The smallest absolute Gasteiger partial charge is 0.152 e. The number of halogens is 1. The number of fused-ring (bicyclic) bond motifs is 3. The second kappa shape index (κ2) is 3.58. The molecule has 1 aliphatic rings. The SMILES string of the molecule is CC(C)Nc1n[nH]c2c1Cc1cc(F)ccc1-2. The second-order valence-electron chi connectivity index (χ2n) is 4.70. The summed E-state index contributed by atoms with van der Waals surface area (Å²) in [5.41, 5.74) is 4.24. The summed E-state index contributed by atoms with van der Waals surface area (Å²) in [7, 11) is 0. The molecule has 2 N–H and O–H groups in total. The third kappa shape index (κ3) is 1.60. The number of H-pyrrole nitrogens is 1. The van der Waals surface area contributed by atoms with Crippen molar-refractivity contribution in [3.8, 4) is 11.3 Å². The predicted molar refractivity (Wildman–Crippen MR) is 65.5 cm³/mol. The van der Waals surface area contributed by atoms with E-state index in [0.717, 1.165) is 34.6 Å². The molecule has 0 spiro atoms. The number of nitrogens with one attached hydrogen (secondary N) is 2. The highest BCUT2D eigenvalue weighted by atomic mass is 19.1. The Kier molecular flexibility index (Phi) is 2.18. The van der Waals surface area contributed by atoms with Gasteiger partial charge in [0.15, 0.2) is 5.82 Å². The van der Waals surface area contributed by atoms with Crippen molar-refractivity contribution in [2.75, 3.05) is 5.32 Å². The van der Waals surface area contributed by atoms with Gasteiger partial charge in [0.25, 0.3) is 0 Å². The molecule has 0 unspecified atom stereocenters. The van der Waals surface area contributed by atoms with Crippen molar-refractivity contribution in [2.45, 2.75) is 26.3 Å². The summed E-state index contributed by atoms with van der Waals surface area (Å²) in [6, 6.07) is 5.24. The topological polar surface area (TPSA) is 40.7 Å². The summed E-state index contributed by atoms with van der Waals surface area (Å²) in [6.07, 6.45) is 0.744. The lowest BCUT2D eigenvalue weighted by atomic mass is 10.1. The van der Waals surface area contributed by atoms with Crippen LogP contribution in [-0.2, 0) is 6.42 Å². The van der Waals surface area contributed by atoms with E-state index in [1.807, 2.05) is 6.07 Å². The Morgan fingerprint density at radius 3 is 3.00 bits per heavy atom. The maximum absolute atomic E-state index is 13.2. The number of aromatic amines is 1. The van der Waals surface area contributed by atoms with Crippen LogP contribution >= 0.6 is 0 Å². The lowest BCUT2D eigenvalue weighted by Crippen LogP contribution is -2.11. The average Bonchev–Trinajstić information content (AvgIpc) is 2.77. The van der Waals surface area contributed by atoms with Crippen molar-refractivity contribution in [1.29, 1.82) is 0 Å². The Morgan fingerprint density at radius 1 is 1.41 bits per heavy atom. The molecule has 0 radical (unpaired) electrons. The zero-order valence-electron chi connectivity index (χ0n) is 9.84. The summed E-state index contributed by atoms with van der Waals surface area (Å²) in [5, 5.41) is 10.6. The summed E-state index contributed by atoms with van der Waals surface area (Å²) in [5.74, 6) is 0.701. The number of rotatable bonds is 2. The summed E-state index contributed by atoms with van der Waals surface area (Å²) in [4.78, 5) is 0. The Morgan fingerprint density at radius 2 is 2.24 bits per heavy atom. The number of hydrogen-bond donors (Lipinski definition) is 2. The van der Waals surface area contributed by atoms with E-state index in [-0.39, 0.29) is 5.82 Å². The number of hydrogen-bond acceptors (Lipinski definition) is 2. The molecule has 1 heterocycles. The van der Waals surface area contributed by atoms with Gasteiger partial charge in [-0.3, -0.25) is 5.10 Å². The molecule has 88 valence electrons. The Balaban J connectivity index is 2.04. The molecule has 1 aromatic carbocycles. The molecule has 17 heavy (non-hydrogen) atoms. The van der Waals surface area contributed by atoms with Gasteiger partial charge in [-0.2, -0.15) is 5.10 Å². The van der Waals surface area contributed by atoms with Gasteiger partial charge >= 0.3 is 0 Å². The van der Waals surface area contributed by atoms with Crippen molar-refractivity contribution in [3.63, 3.8) is 0 Å². The molecule has 2 aromatic rings. The fourth-order valence-electron chi connectivity index (χ4n) is 2.30. The maximum Gasteiger partial charge on any atom is 0.152 e. The van der Waals surface area contributed by atoms with E-state index in [9.17, 15) is 4.39 Å². The van der Waals surface area contributed by atoms with Crippen LogP contribution in [-0.4, -0.2) is 16.2 Å². The van der Waals surface area contributed by atoms with Gasteiger partial charge in [-0.05, 0) is 37.6 Å². The van der Waals surface area contributed by atoms with Crippen LogP contribution in [0.1, 0.15) is 25.0 Å². The first-order valence-corrected chi connectivity index (χ1v) is 5.77. The van der Waals surface area contributed by atoms with Gasteiger partial charge in [-0.25, -0.2) is 4.39 Å². The van der Waals surface area contributed by atoms with Crippen molar-refractivity contribution in [2.24, 2.45) is 0 Å². The van der Waals surface area contributed by atoms with Crippen LogP contribution in [0.5, 0.6) is 0 Å². The minimum absolute atomic E-state index is 0.180. The molecule has 3 rings (SSSR count). The molecule has 3 nitrogen and oxygen atoms in total. The highest BCUT2D eigenvalue weighted by molar-refractivity contribution is 5.78. The van der Waals surface area contributed by atoms with Gasteiger partial charge in [-0.15, -0.1) is 0 Å². The zero-order valence-corrected chi connectivity index (χ0v) is 9.84. The quantitative estimate of drug-likeness (QED) is 0.712. The molecule has 0 amide bonds. The molecule has 0 bridgehead atoms. The van der Waals surface area contributed by atoms with Crippen LogP contribution < -0.4 is 5.32 Å². The first kappa shape index (κ1) is 10.3. The molecule has 1 aliphatic carbocycles. The number of aromatic nitrogens is 2. The number of anilines is 1. The summed E-state index contributed by atoms with van der Waals surface area (Å²) in [6.45, 7) is 4.14. The van der Waals surface area contributed by atoms with E-state index in [1.54, 1.807) is 6.07 Å². The normalized spacial score (nSPS) is 12.7. The van der Waals surface area contributed by atoms with E-state index in [4.69, 9.17) is 0 Å². The third-order valence-electron chi connectivity index (χ3n) is 3.00. The van der Waals surface area contributed by atoms with Crippen molar-refractivity contribution in [3.05, 3.63) is 35.1 Å². The van der Waals surface area contributed by atoms with Gasteiger partial charge in [0.2, 0.25) is 0 Å². The van der Waals surface area contributed by atoms with E-state index in [0.29, 0.717) is 6.04 Å². The van der Waals surface area contributed by atoms with E-state index in [1.165, 1.54) is 6.07 Å². The largest absolute Gasteiger partial charge is 0.366 e. The molecule has 0 saturated heterocycles. The third-order valence-corrected chi connectivity index (χ3v) is 3.00. The van der Waals surface area contributed by atoms with Crippen molar-refractivity contribution < 1.29 is 4.39 Å².